The van der Waals surface area contributed by atoms with Crippen LogP contribution in [0.25, 0.3) is 0 Å². The van der Waals surface area contributed by atoms with Crippen LogP contribution in [0.3, 0.4) is 0 Å². The van der Waals surface area contributed by atoms with Crippen molar-refractivity contribution in [3.05, 3.63) is 28.8 Å². The Labute approximate surface area is 125 Å². The molecular weight excluding hydrogens is 270 g/mol. The molecule has 0 unspecified atom stereocenters. The van der Waals surface area contributed by atoms with E-state index in [0.29, 0.717) is 17.8 Å². The number of rotatable bonds is 4. The second kappa shape index (κ2) is 6.99. The smallest absolute Gasteiger partial charge is 0.251 e. The average molecular weight is 293 g/mol. The van der Waals surface area contributed by atoms with Gasteiger partial charge in [0.15, 0.2) is 0 Å². The molecule has 5 heteroatoms. The van der Waals surface area contributed by atoms with Crippen LogP contribution in [0, 0.1) is 13.8 Å². The summed E-state index contributed by atoms with van der Waals surface area (Å²) >= 11 is 2.00. The molecule has 110 valence electrons. The average Bonchev–Trinajstić information content (AvgIpc) is 2.44. The van der Waals surface area contributed by atoms with E-state index >= 15 is 0 Å². The summed E-state index contributed by atoms with van der Waals surface area (Å²) in [6, 6.07) is 3.74. The van der Waals surface area contributed by atoms with E-state index in [1.165, 1.54) is 11.5 Å². The number of nitrogens with one attached hydrogen (secondary N) is 1. The third kappa shape index (κ3) is 3.90. The number of nitrogen functional groups attached to an aromatic ring is 1. The molecule has 3 N–H and O–H groups in total. The first-order valence-electron chi connectivity index (χ1n) is 7.03. The van der Waals surface area contributed by atoms with Crippen molar-refractivity contribution in [3.63, 3.8) is 0 Å². The van der Waals surface area contributed by atoms with Crippen LogP contribution in [-0.2, 0) is 0 Å². The van der Waals surface area contributed by atoms with Crippen molar-refractivity contribution in [2.45, 2.75) is 13.8 Å². The summed E-state index contributed by atoms with van der Waals surface area (Å²) in [5, 5.41) is 2.99. The molecule has 0 aliphatic carbocycles. The minimum Gasteiger partial charge on any atom is -0.398 e. The van der Waals surface area contributed by atoms with E-state index in [4.69, 9.17) is 5.73 Å². The molecule has 4 nitrogen and oxygen atoms in total. The largest absolute Gasteiger partial charge is 0.398 e. The molecule has 2 rings (SSSR count). The highest BCUT2D eigenvalue weighted by atomic mass is 32.2. The number of hydrogen-bond acceptors (Lipinski definition) is 4. The number of anilines is 1. The molecule has 1 aliphatic rings. The quantitative estimate of drug-likeness (QED) is 0.829. The van der Waals surface area contributed by atoms with E-state index in [1.807, 2.05) is 31.7 Å². The molecule has 1 aliphatic heterocycles. The molecular formula is C15H23N3OS. The Hall–Kier alpha value is -1.20. The van der Waals surface area contributed by atoms with Crippen LogP contribution in [0.15, 0.2) is 12.1 Å². The summed E-state index contributed by atoms with van der Waals surface area (Å²) in [5.74, 6) is 2.36. The van der Waals surface area contributed by atoms with Gasteiger partial charge in [0.05, 0.1) is 0 Å². The van der Waals surface area contributed by atoms with Crippen LogP contribution in [0.2, 0.25) is 0 Å². The Balaban J connectivity index is 1.87. The number of carbonyl (C=O) groups is 1. The minimum atomic E-state index is -0.0272. The summed E-state index contributed by atoms with van der Waals surface area (Å²) in [6.07, 6.45) is 0. The number of hydrogen-bond donors (Lipinski definition) is 2. The van der Waals surface area contributed by atoms with Crippen LogP contribution in [0.5, 0.6) is 0 Å². The van der Waals surface area contributed by atoms with Crippen molar-refractivity contribution in [2.24, 2.45) is 0 Å². The molecule has 1 aromatic carbocycles. The van der Waals surface area contributed by atoms with Crippen molar-refractivity contribution in [1.82, 2.24) is 10.2 Å². The molecule has 1 amide bonds. The van der Waals surface area contributed by atoms with Gasteiger partial charge in [-0.05, 0) is 31.0 Å². The SMILES string of the molecule is Cc1cc(C)c(C(=O)NCCN2CCSCC2)cc1N. The Bertz CT molecular complexity index is 484. The fourth-order valence-corrected chi connectivity index (χ4v) is 3.34. The van der Waals surface area contributed by atoms with Crippen LogP contribution >= 0.6 is 11.8 Å². The molecule has 1 saturated heterocycles. The van der Waals surface area contributed by atoms with E-state index in [-0.39, 0.29) is 5.91 Å². The normalized spacial score (nSPS) is 16.1. The lowest BCUT2D eigenvalue weighted by molar-refractivity contribution is 0.0948. The molecule has 1 aromatic rings. The van der Waals surface area contributed by atoms with Crippen LogP contribution < -0.4 is 11.1 Å². The number of benzene rings is 1. The maximum absolute atomic E-state index is 12.2. The minimum absolute atomic E-state index is 0.0272. The van der Waals surface area contributed by atoms with Gasteiger partial charge in [-0.3, -0.25) is 9.69 Å². The number of aryl methyl sites for hydroxylation is 2. The highest BCUT2D eigenvalue weighted by Crippen LogP contribution is 2.17. The zero-order valence-electron chi connectivity index (χ0n) is 12.2. The number of amides is 1. The monoisotopic (exact) mass is 293 g/mol. The lowest BCUT2D eigenvalue weighted by Crippen LogP contribution is -2.39. The molecule has 0 radical (unpaired) electrons. The van der Waals surface area contributed by atoms with Gasteiger partial charge in [-0.2, -0.15) is 11.8 Å². The van der Waals surface area contributed by atoms with Gasteiger partial charge in [0.1, 0.15) is 0 Å². The molecule has 0 saturated carbocycles. The van der Waals surface area contributed by atoms with E-state index in [0.717, 1.165) is 30.8 Å². The summed E-state index contributed by atoms with van der Waals surface area (Å²) in [4.78, 5) is 14.6. The second-order valence-corrected chi connectivity index (χ2v) is 6.46. The predicted octanol–water partition coefficient (Wildman–Crippen LogP) is 1.66. The van der Waals surface area contributed by atoms with E-state index in [9.17, 15) is 4.79 Å². The van der Waals surface area contributed by atoms with Crippen LogP contribution in [0.4, 0.5) is 5.69 Å². The number of thioether (sulfide) groups is 1. The lowest BCUT2D eigenvalue weighted by atomic mass is 10.0. The topological polar surface area (TPSA) is 58.4 Å². The van der Waals surface area contributed by atoms with Crippen molar-refractivity contribution in [3.8, 4) is 0 Å². The molecule has 20 heavy (non-hydrogen) atoms. The van der Waals surface area contributed by atoms with Gasteiger partial charge in [0.25, 0.3) is 5.91 Å². The maximum Gasteiger partial charge on any atom is 0.251 e. The Morgan fingerprint density at radius 1 is 1.30 bits per heavy atom. The number of carbonyl (C=O) groups excluding carboxylic acids is 1. The van der Waals surface area contributed by atoms with Crippen molar-refractivity contribution >= 4 is 23.4 Å². The standard InChI is InChI=1S/C15H23N3OS/c1-11-9-12(2)14(16)10-13(11)15(19)17-3-4-18-5-7-20-8-6-18/h9-10H,3-8,16H2,1-2H3,(H,17,19). The number of nitrogens with two attached hydrogens (primary N) is 1. The second-order valence-electron chi connectivity index (χ2n) is 5.23. The lowest BCUT2D eigenvalue weighted by Gasteiger charge is -2.26. The van der Waals surface area contributed by atoms with Crippen LogP contribution in [0.1, 0.15) is 21.5 Å². The van der Waals surface area contributed by atoms with Gasteiger partial charge in [-0.1, -0.05) is 6.07 Å². The number of nitrogens with zero attached hydrogens (tertiary/aromatic N) is 1. The van der Waals surface area contributed by atoms with Crippen molar-refractivity contribution < 1.29 is 4.79 Å². The van der Waals surface area contributed by atoms with Crippen molar-refractivity contribution in [1.29, 1.82) is 0 Å². The molecule has 0 atom stereocenters. The fourth-order valence-electron chi connectivity index (χ4n) is 2.36. The molecule has 0 aromatic heterocycles. The first-order valence-corrected chi connectivity index (χ1v) is 8.18. The van der Waals surface area contributed by atoms with Crippen LogP contribution in [-0.4, -0.2) is 48.5 Å². The highest BCUT2D eigenvalue weighted by molar-refractivity contribution is 7.99. The maximum atomic E-state index is 12.2. The zero-order chi connectivity index (χ0) is 14.5. The fraction of sp³-hybridized carbons (Fsp3) is 0.533. The molecule has 0 spiro atoms. The Morgan fingerprint density at radius 3 is 2.70 bits per heavy atom. The molecule has 1 heterocycles. The third-order valence-electron chi connectivity index (χ3n) is 3.67. The first kappa shape index (κ1) is 15.2. The summed E-state index contributed by atoms with van der Waals surface area (Å²) in [6.45, 7) is 7.76. The first-order chi connectivity index (χ1) is 9.58. The van der Waals surface area contributed by atoms with E-state index < -0.39 is 0 Å². The van der Waals surface area contributed by atoms with Gasteiger partial charge in [-0.25, -0.2) is 0 Å². The molecule has 0 bridgehead atoms. The Morgan fingerprint density at radius 2 is 2.00 bits per heavy atom. The summed E-state index contributed by atoms with van der Waals surface area (Å²) in [5.41, 5.74) is 9.23. The molecule has 1 fully saturated rings. The zero-order valence-corrected chi connectivity index (χ0v) is 13.1. The Kier molecular flexibility index (Phi) is 5.31. The highest BCUT2D eigenvalue weighted by Gasteiger charge is 2.13. The van der Waals surface area contributed by atoms with E-state index in [2.05, 4.69) is 10.2 Å². The van der Waals surface area contributed by atoms with E-state index in [1.54, 1.807) is 6.07 Å². The summed E-state index contributed by atoms with van der Waals surface area (Å²) < 4.78 is 0. The van der Waals surface area contributed by atoms with Gasteiger partial charge in [0, 0.05) is 48.9 Å². The van der Waals surface area contributed by atoms with Crippen molar-refractivity contribution in [2.75, 3.05) is 43.4 Å². The van der Waals surface area contributed by atoms with Gasteiger partial charge in [-0.15, -0.1) is 0 Å². The summed E-state index contributed by atoms with van der Waals surface area (Å²) in [7, 11) is 0. The predicted molar refractivity (Wildman–Crippen MR) is 86.4 cm³/mol. The van der Waals surface area contributed by atoms with Gasteiger partial charge in [0.2, 0.25) is 0 Å². The van der Waals surface area contributed by atoms with Gasteiger partial charge >= 0.3 is 0 Å². The third-order valence-corrected chi connectivity index (χ3v) is 4.62. The van der Waals surface area contributed by atoms with Gasteiger partial charge < -0.3 is 11.1 Å².